The molecule has 9 nitrogen and oxygen atoms in total. The summed E-state index contributed by atoms with van der Waals surface area (Å²) in [5.41, 5.74) is -1.07. The van der Waals surface area contributed by atoms with Crippen LogP contribution >= 0.6 is 0 Å². The zero-order valence-electron chi connectivity index (χ0n) is 9.35. The van der Waals surface area contributed by atoms with Crippen LogP contribution in [0.25, 0.3) is 0 Å². The number of carboxylic acids is 1. The highest BCUT2D eigenvalue weighted by atomic mass is 16.6. The fourth-order valence-electron chi connectivity index (χ4n) is 1.41. The number of nitro benzene ring substituents is 1. The Balaban J connectivity index is 2.31. The molecule has 0 saturated heterocycles. The van der Waals surface area contributed by atoms with Crippen molar-refractivity contribution in [1.82, 2.24) is 10.1 Å². The largest absolute Gasteiger partial charge is 0.483 e. The van der Waals surface area contributed by atoms with Crippen molar-refractivity contribution in [2.45, 2.75) is 6.61 Å². The van der Waals surface area contributed by atoms with E-state index in [1.54, 1.807) is 0 Å². The molecular weight excluding hydrogens is 258 g/mol. The minimum Gasteiger partial charge on any atom is -0.483 e. The summed E-state index contributed by atoms with van der Waals surface area (Å²) in [6.45, 7) is -0.179. The molecule has 1 heterocycles. The Kier molecular flexibility index (Phi) is 3.37. The molecule has 0 unspecified atom stereocenters. The normalized spacial score (nSPS) is 10.1. The lowest BCUT2D eigenvalue weighted by Crippen LogP contribution is -2.07. The van der Waals surface area contributed by atoms with E-state index in [1.165, 1.54) is 12.1 Å². The molecule has 0 bridgehead atoms. The summed E-state index contributed by atoms with van der Waals surface area (Å²) in [6.07, 6.45) is 1.16. The number of benzene rings is 1. The van der Waals surface area contributed by atoms with Gasteiger partial charge < -0.3 is 14.4 Å². The topological polar surface area (TPSA) is 129 Å². The fraction of sp³-hybridized carbons (Fsp3) is 0.100. The monoisotopic (exact) mass is 265 g/mol. The van der Waals surface area contributed by atoms with Crippen molar-refractivity contribution < 1.29 is 24.1 Å². The Hall–Kier alpha value is -2.97. The molecule has 0 spiro atoms. The zero-order valence-corrected chi connectivity index (χ0v) is 9.35. The molecule has 0 atom stereocenters. The number of aromatic carboxylic acids is 1. The molecule has 0 aliphatic rings. The second-order valence-electron chi connectivity index (χ2n) is 3.34. The summed E-state index contributed by atoms with van der Waals surface area (Å²) in [7, 11) is 0. The van der Waals surface area contributed by atoms with Crippen molar-refractivity contribution in [3.05, 3.63) is 46.1 Å². The van der Waals surface area contributed by atoms with Crippen LogP contribution in [0.15, 0.2) is 29.0 Å². The van der Waals surface area contributed by atoms with Crippen molar-refractivity contribution in [1.29, 1.82) is 0 Å². The van der Waals surface area contributed by atoms with E-state index in [2.05, 4.69) is 14.7 Å². The average molecular weight is 265 g/mol. The summed E-state index contributed by atoms with van der Waals surface area (Å²) in [6, 6.07) is 3.73. The lowest BCUT2D eigenvalue weighted by atomic mass is 10.1. The molecule has 98 valence electrons. The van der Waals surface area contributed by atoms with Gasteiger partial charge in [-0.1, -0.05) is 11.2 Å². The lowest BCUT2D eigenvalue weighted by Gasteiger charge is -2.07. The van der Waals surface area contributed by atoms with E-state index in [4.69, 9.17) is 9.84 Å². The van der Waals surface area contributed by atoms with Gasteiger partial charge in [-0.3, -0.25) is 10.1 Å². The van der Waals surface area contributed by atoms with Crippen LogP contribution in [0, 0.1) is 10.1 Å². The molecule has 0 amide bonds. The highest BCUT2D eigenvalue weighted by Gasteiger charge is 2.24. The quantitative estimate of drug-likeness (QED) is 0.631. The molecule has 0 radical (unpaired) electrons. The van der Waals surface area contributed by atoms with Crippen LogP contribution < -0.4 is 4.74 Å². The van der Waals surface area contributed by atoms with E-state index in [0.717, 1.165) is 12.4 Å². The summed E-state index contributed by atoms with van der Waals surface area (Å²) >= 11 is 0. The van der Waals surface area contributed by atoms with Gasteiger partial charge >= 0.3 is 5.97 Å². The number of nitrogens with zero attached hydrogens (tertiary/aromatic N) is 3. The van der Waals surface area contributed by atoms with Gasteiger partial charge in [0.05, 0.1) is 4.92 Å². The lowest BCUT2D eigenvalue weighted by molar-refractivity contribution is -0.385. The van der Waals surface area contributed by atoms with E-state index < -0.39 is 22.1 Å². The van der Waals surface area contributed by atoms with Gasteiger partial charge in [0, 0.05) is 6.07 Å². The van der Waals surface area contributed by atoms with E-state index in [-0.39, 0.29) is 18.2 Å². The van der Waals surface area contributed by atoms with Crippen LogP contribution in [0.4, 0.5) is 5.69 Å². The second kappa shape index (κ2) is 5.12. The molecular formula is C10H7N3O6. The maximum atomic E-state index is 11.1. The van der Waals surface area contributed by atoms with Gasteiger partial charge in [0.2, 0.25) is 0 Å². The van der Waals surface area contributed by atoms with E-state index >= 15 is 0 Å². The fourth-order valence-corrected chi connectivity index (χ4v) is 1.41. The van der Waals surface area contributed by atoms with Crippen LogP contribution in [0.5, 0.6) is 5.75 Å². The molecule has 1 N–H and O–H groups in total. The molecule has 0 fully saturated rings. The third kappa shape index (κ3) is 2.65. The molecule has 2 aromatic rings. The number of nitro groups is 1. The molecule has 1 aromatic carbocycles. The van der Waals surface area contributed by atoms with Crippen molar-refractivity contribution in [3.63, 3.8) is 0 Å². The van der Waals surface area contributed by atoms with Gasteiger partial charge in [0.1, 0.15) is 5.75 Å². The van der Waals surface area contributed by atoms with Gasteiger partial charge in [0.25, 0.3) is 11.6 Å². The summed E-state index contributed by atoms with van der Waals surface area (Å²) in [4.78, 5) is 24.7. The molecule has 0 aliphatic heterocycles. The van der Waals surface area contributed by atoms with Crippen LogP contribution in [-0.4, -0.2) is 26.1 Å². The van der Waals surface area contributed by atoms with Crippen LogP contribution in [0.2, 0.25) is 0 Å². The molecule has 19 heavy (non-hydrogen) atoms. The number of carbonyl (C=O) groups is 1. The Morgan fingerprint density at radius 3 is 2.89 bits per heavy atom. The van der Waals surface area contributed by atoms with Gasteiger partial charge in [0.15, 0.2) is 18.5 Å². The summed E-state index contributed by atoms with van der Waals surface area (Å²) in [5, 5.41) is 23.1. The minimum atomic E-state index is -1.45. The molecule has 1 aromatic heterocycles. The first kappa shape index (κ1) is 12.5. The molecule has 0 aliphatic carbocycles. The van der Waals surface area contributed by atoms with Crippen LogP contribution in [0.1, 0.15) is 16.2 Å². The Morgan fingerprint density at radius 2 is 2.32 bits per heavy atom. The highest BCUT2D eigenvalue weighted by Crippen LogP contribution is 2.28. The van der Waals surface area contributed by atoms with Gasteiger partial charge in [-0.25, -0.2) is 4.79 Å². The SMILES string of the molecule is O=C(O)c1c(OCc2ncno2)cccc1[N+](=O)[O-]. The molecule has 2 rings (SSSR count). The predicted molar refractivity (Wildman–Crippen MR) is 58.7 cm³/mol. The smallest absolute Gasteiger partial charge is 0.346 e. The predicted octanol–water partition coefficient (Wildman–Crippen LogP) is 1.25. The van der Waals surface area contributed by atoms with Gasteiger partial charge in [-0.05, 0) is 6.07 Å². The van der Waals surface area contributed by atoms with Crippen molar-refractivity contribution >= 4 is 11.7 Å². The second-order valence-corrected chi connectivity index (χ2v) is 3.34. The van der Waals surface area contributed by atoms with Gasteiger partial charge in [-0.2, -0.15) is 4.98 Å². The Bertz CT molecular complexity index is 610. The standard InChI is InChI=1S/C10H7N3O6/c14-10(15)9-6(13(16)17)2-1-3-7(9)18-4-8-11-5-12-19-8/h1-3,5H,4H2,(H,14,15). The van der Waals surface area contributed by atoms with Crippen molar-refractivity contribution in [3.8, 4) is 5.75 Å². The van der Waals surface area contributed by atoms with Gasteiger partial charge in [-0.15, -0.1) is 0 Å². The summed E-state index contributed by atoms with van der Waals surface area (Å²) < 4.78 is 9.82. The van der Waals surface area contributed by atoms with E-state index in [1.807, 2.05) is 0 Å². The number of hydrogen-bond donors (Lipinski definition) is 1. The molecule has 9 heteroatoms. The minimum absolute atomic E-state index is 0.128. The van der Waals surface area contributed by atoms with Crippen LogP contribution in [0.3, 0.4) is 0 Å². The van der Waals surface area contributed by atoms with Crippen LogP contribution in [-0.2, 0) is 6.61 Å². The third-order valence-corrected chi connectivity index (χ3v) is 2.17. The molecule has 0 saturated carbocycles. The maximum Gasteiger partial charge on any atom is 0.346 e. The van der Waals surface area contributed by atoms with E-state index in [9.17, 15) is 14.9 Å². The number of hydrogen-bond acceptors (Lipinski definition) is 7. The van der Waals surface area contributed by atoms with E-state index in [0.29, 0.717) is 0 Å². The number of aromatic nitrogens is 2. The first-order chi connectivity index (χ1) is 9.09. The first-order valence-electron chi connectivity index (χ1n) is 4.98. The van der Waals surface area contributed by atoms with Crippen molar-refractivity contribution in [2.75, 3.05) is 0 Å². The zero-order chi connectivity index (χ0) is 13.8. The maximum absolute atomic E-state index is 11.1. The third-order valence-electron chi connectivity index (χ3n) is 2.17. The summed E-state index contributed by atoms with van der Waals surface area (Å²) in [5.74, 6) is -1.46. The number of rotatable bonds is 5. The Labute approximate surface area is 105 Å². The first-order valence-corrected chi connectivity index (χ1v) is 4.98. The average Bonchev–Trinajstić information content (AvgIpc) is 2.88. The number of carboxylic acid groups (broad SMARTS) is 1. The highest BCUT2D eigenvalue weighted by molar-refractivity contribution is 5.95. The Morgan fingerprint density at radius 1 is 1.53 bits per heavy atom. The van der Waals surface area contributed by atoms with Crippen molar-refractivity contribution in [2.24, 2.45) is 0 Å². The number of ether oxygens (including phenoxy) is 1.